The fraction of sp³-hybridized carbons (Fsp3) is 0.0769. The minimum Gasteiger partial charge on any atom is -0.399 e. The maximum atomic E-state index is 10.7. The first kappa shape index (κ1) is 20.2. The van der Waals surface area contributed by atoms with Gasteiger partial charge in [0.1, 0.15) is 4.90 Å². The first-order valence-electron chi connectivity index (χ1n) is 6.18. The Hall–Kier alpha value is -1.85. The highest BCUT2D eigenvalue weighted by molar-refractivity contribution is 7.86. The molecule has 11 heteroatoms. The van der Waals surface area contributed by atoms with E-state index in [1.165, 1.54) is 36.4 Å². The zero-order valence-corrected chi connectivity index (χ0v) is 14.7. The van der Waals surface area contributed by atoms with Crippen LogP contribution in [0.4, 0.5) is 11.4 Å². The monoisotopic (exact) mass is 394 g/mol. The molecule has 0 radical (unpaired) electrons. The van der Waals surface area contributed by atoms with Gasteiger partial charge in [-0.2, -0.15) is 16.8 Å². The van der Waals surface area contributed by atoms with Gasteiger partial charge in [-0.3, -0.25) is 9.11 Å². The van der Waals surface area contributed by atoms with Crippen molar-refractivity contribution in [2.75, 3.05) is 11.5 Å². The molecule has 0 saturated carbocycles. The molecule has 0 spiro atoms. The maximum absolute atomic E-state index is 10.7. The fourth-order valence-corrected chi connectivity index (χ4v) is 2.96. The fourth-order valence-electron chi connectivity index (χ4n) is 1.57. The number of halogens is 1. The molecule has 0 unspecified atom stereocenters. The Balaban J connectivity index is 0.000000243. The predicted octanol–water partition coefficient (Wildman–Crippen LogP) is 1.99. The summed E-state index contributed by atoms with van der Waals surface area (Å²) in [6.07, 6.45) is 0. The van der Waals surface area contributed by atoms with Crippen LogP contribution in [0.15, 0.2) is 46.2 Å². The van der Waals surface area contributed by atoms with Gasteiger partial charge in [-0.25, -0.2) is 0 Å². The zero-order valence-electron chi connectivity index (χ0n) is 12.3. The van der Waals surface area contributed by atoms with E-state index < -0.39 is 20.2 Å². The molecule has 24 heavy (non-hydrogen) atoms. The lowest BCUT2D eigenvalue weighted by Gasteiger charge is -2.04. The summed E-state index contributed by atoms with van der Waals surface area (Å²) in [5.74, 6) is 0. The van der Waals surface area contributed by atoms with Crippen LogP contribution < -0.4 is 11.5 Å². The van der Waals surface area contributed by atoms with Crippen LogP contribution in [0, 0.1) is 6.92 Å². The molecule has 0 bridgehead atoms. The Morgan fingerprint density at radius 3 is 1.96 bits per heavy atom. The Bertz CT molecular complexity index is 958. The molecule has 0 saturated heterocycles. The summed E-state index contributed by atoms with van der Waals surface area (Å²) >= 11 is 5.68. The Kier molecular flexibility index (Phi) is 6.20. The van der Waals surface area contributed by atoms with Crippen LogP contribution in [0.2, 0.25) is 5.02 Å². The molecule has 0 aliphatic rings. The van der Waals surface area contributed by atoms with E-state index in [-0.39, 0.29) is 15.5 Å². The van der Waals surface area contributed by atoms with Crippen LogP contribution in [0.25, 0.3) is 0 Å². The average Bonchev–Trinajstić information content (AvgIpc) is 2.41. The Labute approximate surface area is 144 Å². The second-order valence-electron chi connectivity index (χ2n) is 4.66. The first-order chi connectivity index (χ1) is 10.8. The van der Waals surface area contributed by atoms with E-state index in [4.69, 9.17) is 32.2 Å². The lowest BCUT2D eigenvalue weighted by molar-refractivity contribution is 0.481. The van der Waals surface area contributed by atoms with E-state index in [2.05, 4.69) is 0 Å². The van der Waals surface area contributed by atoms with Crippen molar-refractivity contribution in [1.82, 2.24) is 0 Å². The third kappa shape index (κ3) is 5.65. The molecule has 0 aliphatic heterocycles. The van der Waals surface area contributed by atoms with Gasteiger partial charge in [0.2, 0.25) is 0 Å². The number of aryl methyl sites for hydroxylation is 1. The van der Waals surface area contributed by atoms with Crippen molar-refractivity contribution < 1.29 is 25.9 Å². The highest BCUT2D eigenvalue weighted by atomic mass is 35.5. The van der Waals surface area contributed by atoms with Crippen LogP contribution >= 0.6 is 11.6 Å². The van der Waals surface area contributed by atoms with E-state index in [0.717, 1.165) is 0 Å². The van der Waals surface area contributed by atoms with Crippen molar-refractivity contribution in [3.8, 4) is 0 Å². The summed E-state index contributed by atoms with van der Waals surface area (Å²) in [6, 6.07) is 7.97. The molecular weight excluding hydrogens is 380 g/mol. The van der Waals surface area contributed by atoms with Gasteiger partial charge in [-0.05, 0) is 42.8 Å². The van der Waals surface area contributed by atoms with Crippen molar-refractivity contribution in [3.63, 3.8) is 0 Å². The molecule has 0 amide bonds. The summed E-state index contributed by atoms with van der Waals surface area (Å²) in [5, 5.41) is 0.366. The average molecular weight is 395 g/mol. The molecule has 0 aliphatic carbocycles. The molecule has 132 valence electrons. The summed E-state index contributed by atoms with van der Waals surface area (Å²) in [6.45, 7) is 1.62. The number of nitrogen functional groups attached to an aromatic ring is 2. The van der Waals surface area contributed by atoms with Crippen molar-refractivity contribution in [2.24, 2.45) is 0 Å². The summed E-state index contributed by atoms with van der Waals surface area (Å²) in [4.78, 5) is -0.494. The molecule has 2 aromatic rings. The predicted molar refractivity (Wildman–Crippen MR) is 91.1 cm³/mol. The second kappa shape index (κ2) is 7.36. The van der Waals surface area contributed by atoms with Crippen molar-refractivity contribution in [2.45, 2.75) is 16.7 Å². The number of rotatable bonds is 2. The molecule has 6 N–H and O–H groups in total. The summed E-state index contributed by atoms with van der Waals surface area (Å²) in [5.41, 5.74) is 11.4. The van der Waals surface area contributed by atoms with E-state index in [0.29, 0.717) is 16.3 Å². The standard InChI is InChI=1S/C7H8ClNO3S.C6H7NO3S/c1-4-2-7(13(10,11)12)6(9)3-5(4)8;7-5-2-1-3-6(4-5)11(8,9)10/h2-3H,9H2,1H3,(H,10,11,12);1-4H,7H2,(H,8,9,10). The van der Waals surface area contributed by atoms with Gasteiger partial charge >= 0.3 is 0 Å². The van der Waals surface area contributed by atoms with Gasteiger partial charge in [-0.1, -0.05) is 17.7 Å². The molecule has 0 atom stereocenters. The summed E-state index contributed by atoms with van der Waals surface area (Å²) in [7, 11) is -8.36. The largest absolute Gasteiger partial charge is 0.399 e. The number of hydrogen-bond acceptors (Lipinski definition) is 6. The van der Waals surface area contributed by atoms with Crippen molar-refractivity contribution in [1.29, 1.82) is 0 Å². The van der Waals surface area contributed by atoms with Crippen molar-refractivity contribution in [3.05, 3.63) is 47.0 Å². The SMILES string of the molecule is Cc1cc(S(=O)(=O)O)c(N)cc1Cl.Nc1cccc(S(=O)(=O)O)c1. The maximum Gasteiger partial charge on any atom is 0.296 e. The van der Waals surface area contributed by atoms with Crippen molar-refractivity contribution >= 4 is 43.2 Å². The number of anilines is 2. The lowest BCUT2D eigenvalue weighted by Crippen LogP contribution is -2.03. The smallest absolute Gasteiger partial charge is 0.296 e. The van der Waals surface area contributed by atoms with E-state index in [1.807, 2.05) is 0 Å². The van der Waals surface area contributed by atoms with Crippen LogP contribution in [-0.2, 0) is 20.2 Å². The normalized spacial score (nSPS) is 11.5. The minimum absolute atomic E-state index is 0.0573. The molecule has 0 heterocycles. The Morgan fingerprint density at radius 2 is 1.54 bits per heavy atom. The van der Waals surface area contributed by atoms with Crippen LogP contribution in [-0.4, -0.2) is 25.9 Å². The zero-order chi connectivity index (χ0) is 18.7. The van der Waals surface area contributed by atoms with E-state index in [1.54, 1.807) is 6.92 Å². The lowest BCUT2D eigenvalue weighted by atomic mass is 10.2. The van der Waals surface area contributed by atoms with Gasteiger partial charge in [0.05, 0.1) is 10.6 Å². The van der Waals surface area contributed by atoms with Gasteiger partial charge in [-0.15, -0.1) is 0 Å². The number of hydrogen-bond donors (Lipinski definition) is 4. The van der Waals surface area contributed by atoms with Gasteiger partial charge in [0, 0.05) is 10.7 Å². The van der Waals surface area contributed by atoms with Crippen LogP contribution in [0.3, 0.4) is 0 Å². The van der Waals surface area contributed by atoms with E-state index in [9.17, 15) is 16.8 Å². The van der Waals surface area contributed by atoms with Crippen LogP contribution in [0.1, 0.15) is 5.56 Å². The molecule has 0 aromatic heterocycles. The molecule has 0 fully saturated rings. The topological polar surface area (TPSA) is 161 Å². The Morgan fingerprint density at radius 1 is 0.958 bits per heavy atom. The number of benzene rings is 2. The molecule has 2 rings (SSSR count). The molecular formula is C13H15ClN2O6S2. The molecule has 2 aromatic carbocycles. The highest BCUT2D eigenvalue weighted by Gasteiger charge is 2.15. The quantitative estimate of drug-likeness (QED) is 0.444. The first-order valence-corrected chi connectivity index (χ1v) is 9.44. The third-order valence-corrected chi connectivity index (χ3v) is 4.89. The van der Waals surface area contributed by atoms with E-state index >= 15 is 0 Å². The van der Waals surface area contributed by atoms with Gasteiger partial charge in [0.15, 0.2) is 0 Å². The van der Waals surface area contributed by atoms with Crippen LogP contribution in [0.5, 0.6) is 0 Å². The molecule has 8 nitrogen and oxygen atoms in total. The second-order valence-corrected chi connectivity index (χ2v) is 7.88. The number of nitrogens with two attached hydrogens (primary N) is 2. The summed E-state index contributed by atoms with van der Waals surface area (Å²) < 4.78 is 59.7. The van der Waals surface area contributed by atoms with Gasteiger partial charge in [0.25, 0.3) is 20.2 Å². The highest BCUT2D eigenvalue weighted by Crippen LogP contribution is 2.25. The van der Waals surface area contributed by atoms with Gasteiger partial charge < -0.3 is 11.5 Å². The third-order valence-electron chi connectivity index (χ3n) is 2.72. The minimum atomic E-state index is -4.26.